The summed E-state index contributed by atoms with van der Waals surface area (Å²) < 4.78 is 86.2. The number of allylic oxidation sites excluding steroid dienone is 5. The number of nitrogens with two attached hydrogens (primary N) is 1. The molecule has 0 saturated carbocycles. The molecule has 4 saturated heterocycles. The highest BCUT2D eigenvalue weighted by molar-refractivity contribution is 5.45. The van der Waals surface area contributed by atoms with E-state index in [4.69, 9.17) is 87.8 Å². The molecule has 0 radical (unpaired) electrons. The van der Waals surface area contributed by atoms with E-state index in [2.05, 4.69) is 53.2 Å². The fourth-order valence-corrected chi connectivity index (χ4v) is 11.9. The zero-order chi connectivity index (χ0) is 69.7. The van der Waals surface area contributed by atoms with Crippen molar-refractivity contribution in [2.24, 2.45) is 16.0 Å². The third-order valence-corrected chi connectivity index (χ3v) is 15.7. The Morgan fingerprint density at radius 3 is 1.20 bits per heavy atom. The lowest BCUT2D eigenvalue weighted by Crippen LogP contribution is -2.60. The SMILES string of the molecule is C=C(C)NC1C=C(C)O[C@@H](C(OC)C2COC(C)(C)O2)C1NC=C=O.CC1=CC(N=[N+]=[N-])C(NC=C=O)[C@H](C(O)C2COC(C)(C)O2)O1.COC(C1COC(C)(C)O1)[C@@H]1OC(C)=CC(N)C1NC=C=O.COC(C1COC(C)(C)O1)[C@@H]1OC(C)=CC(N=[N+]=[N-])C1NC=C=O. The summed E-state index contributed by atoms with van der Waals surface area (Å²) >= 11 is 0. The van der Waals surface area contributed by atoms with Crippen LogP contribution in [-0.2, 0) is 90.2 Å². The fraction of sp³-hybridized carbons (Fsp3) is 0.710. The molecule has 0 amide bonds. The van der Waals surface area contributed by atoms with Crippen LogP contribution in [0.15, 0.2) is 94.6 Å². The van der Waals surface area contributed by atoms with Crippen molar-refractivity contribution in [3.8, 4) is 0 Å². The number of nitrogens with one attached hydrogen (secondary N) is 5. The molecule has 8 rings (SSSR count). The number of aliphatic hydroxyl groups excluding tert-OH is 1. The van der Waals surface area contributed by atoms with Gasteiger partial charge in [-0.05, 0) is 125 Å². The van der Waals surface area contributed by atoms with Crippen molar-refractivity contribution < 1.29 is 95.3 Å². The van der Waals surface area contributed by atoms with Gasteiger partial charge in [0.15, 0.2) is 23.1 Å². The van der Waals surface area contributed by atoms with Crippen molar-refractivity contribution in [2.75, 3.05) is 47.8 Å². The van der Waals surface area contributed by atoms with E-state index in [1.807, 2.05) is 68.4 Å². The van der Waals surface area contributed by atoms with E-state index < -0.39 is 102 Å². The minimum Gasteiger partial charge on any atom is -0.490 e. The molecule has 0 aromatic carbocycles. The van der Waals surface area contributed by atoms with Crippen LogP contribution in [0.3, 0.4) is 0 Å². The number of hydrogen-bond acceptors (Lipinski definition) is 28. The van der Waals surface area contributed by atoms with Crippen LogP contribution >= 0.6 is 0 Å². The van der Waals surface area contributed by atoms with Gasteiger partial charge in [0.2, 0.25) is 0 Å². The Labute approximate surface area is 547 Å². The van der Waals surface area contributed by atoms with Crippen LogP contribution < -0.4 is 32.3 Å². The molecule has 0 bridgehead atoms. The molecule has 32 nitrogen and oxygen atoms in total. The van der Waals surface area contributed by atoms with Gasteiger partial charge in [0.05, 0.1) is 123 Å². The lowest BCUT2D eigenvalue weighted by molar-refractivity contribution is -0.170. The monoisotopic (exact) mass is 1330 g/mol. The normalized spacial score (nSPS) is 33.2. The van der Waals surface area contributed by atoms with E-state index in [1.165, 1.54) is 12.4 Å². The van der Waals surface area contributed by atoms with Crippen molar-refractivity contribution in [1.82, 2.24) is 26.6 Å². The van der Waals surface area contributed by atoms with Gasteiger partial charge in [-0.3, -0.25) is 0 Å². The molecule has 8 aliphatic rings. The Kier molecular flexibility index (Phi) is 29.3. The highest BCUT2D eigenvalue weighted by atomic mass is 16.8. The predicted octanol–water partition coefficient (Wildman–Crippen LogP) is 3.56. The number of hydrogen-bond donors (Lipinski definition) is 7. The second kappa shape index (κ2) is 35.5. The van der Waals surface area contributed by atoms with E-state index in [0.717, 1.165) is 23.9 Å². The maximum atomic E-state index is 10.7. The number of methoxy groups -OCH3 is 3. The summed E-state index contributed by atoms with van der Waals surface area (Å²) in [6, 6.07) is -3.40. The predicted molar refractivity (Wildman–Crippen MR) is 337 cm³/mol. The van der Waals surface area contributed by atoms with Crippen LogP contribution in [-0.4, -0.2) is 221 Å². The lowest BCUT2D eigenvalue weighted by Gasteiger charge is -2.42. The van der Waals surface area contributed by atoms with Crippen LogP contribution in [0, 0.1) is 0 Å². The van der Waals surface area contributed by atoms with Gasteiger partial charge in [-0.1, -0.05) is 16.8 Å². The van der Waals surface area contributed by atoms with Gasteiger partial charge < -0.3 is 108 Å². The van der Waals surface area contributed by atoms with Gasteiger partial charge in [-0.2, -0.15) is 0 Å². The average Bonchev–Trinajstić information content (AvgIpc) is 1.73. The minimum atomic E-state index is -1.05. The summed E-state index contributed by atoms with van der Waals surface area (Å²) in [5, 5.41) is 33.0. The van der Waals surface area contributed by atoms with E-state index >= 15 is 0 Å². The van der Waals surface area contributed by atoms with Gasteiger partial charge in [0.25, 0.3) is 0 Å². The van der Waals surface area contributed by atoms with Crippen LogP contribution in [0.2, 0.25) is 0 Å². The summed E-state index contributed by atoms with van der Waals surface area (Å²) in [7, 11) is 4.75. The van der Waals surface area contributed by atoms with Crippen molar-refractivity contribution >= 4 is 23.8 Å². The first-order chi connectivity index (χ1) is 44.4. The molecule has 32 heteroatoms. The molecule has 0 aromatic rings. The maximum Gasteiger partial charge on any atom is 0.163 e. The first-order valence-electron chi connectivity index (χ1n) is 30.5. The third-order valence-electron chi connectivity index (χ3n) is 15.7. The largest absolute Gasteiger partial charge is 0.490 e. The first-order valence-corrected chi connectivity index (χ1v) is 30.5. The second-order valence-electron chi connectivity index (χ2n) is 24.7. The molecule has 8 aliphatic heterocycles. The standard InChI is InChI=1S/C18H28N2O5.C15H22N4O5.C15H24N2O5.C14H20N4O5/c1-11(2)20-13-9-12(3)24-17(15(13)19-7-8-21)16(22-6)14-10-23-18(4,5)25-14;1-9-7-10(18-19-16)12(17-5-6-20)14(23-9)13(21-4)11-8-22-15(2,3)24-11;1-9-7-10(16)12(17-5-6-18)14(21-9)13(19-4)11-8-20-15(2,3)22-11;1-8-6-9(17-18-15)11(16-4-5-19)13(22-8)12(20)10-7-21-14(2,3)23-10/h7,9,13-17,19-20H,1,10H2,2-6H3;5,7,10-14,17H,8H2,1-4H3;5,7,10-14,17H,8,16H2,1-4H3;4,6,9-13,16,20H,7H2,1-3H3/t13?,14?,15?,16?,17-;2*10?,11?,12?,13?,14-;9?,10?,11?,12?,13-/m1111/s1. The summed E-state index contributed by atoms with van der Waals surface area (Å²) in [5.74, 6) is 6.46. The number of aliphatic hydroxyl groups is 1. The van der Waals surface area contributed by atoms with Crippen LogP contribution in [0.25, 0.3) is 20.9 Å². The van der Waals surface area contributed by atoms with Gasteiger partial charge in [0, 0.05) is 36.8 Å². The summed E-state index contributed by atoms with van der Waals surface area (Å²) in [5.41, 5.74) is 24.5. The molecule has 4 fully saturated rings. The Bertz CT molecular complexity index is 2960. The second-order valence-corrected chi connectivity index (χ2v) is 24.7. The van der Waals surface area contributed by atoms with Gasteiger partial charge >= 0.3 is 0 Å². The molecule has 0 aromatic heterocycles. The quantitative estimate of drug-likeness (QED) is 0.0333. The Balaban J connectivity index is 0.000000227. The van der Waals surface area contributed by atoms with Crippen molar-refractivity contribution in [1.29, 1.82) is 0 Å². The van der Waals surface area contributed by atoms with Crippen molar-refractivity contribution in [3.05, 3.63) is 105 Å². The van der Waals surface area contributed by atoms with E-state index in [9.17, 15) is 24.3 Å². The topological polar surface area (TPSA) is 411 Å². The molecule has 0 spiro atoms. The van der Waals surface area contributed by atoms with Gasteiger partial charge in [0.1, 0.15) is 97.0 Å². The first kappa shape index (κ1) is 77.5. The van der Waals surface area contributed by atoms with Gasteiger partial charge in [-0.15, -0.1) is 0 Å². The zero-order valence-electron chi connectivity index (χ0n) is 56.2. The number of nitrogens with zero attached hydrogens (tertiary/aromatic N) is 6. The molecule has 8 heterocycles. The van der Waals surface area contributed by atoms with Crippen molar-refractivity contribution in [3.63, 3.8) is 0 Å². The Hall–Kier alpha value is -7.20. The molecular formula is C62H94N12O20. The maximum absolute atomic E-state index is 10.7. The summed E-state index contributed by atoms with van der Waals surface area (Å²) in [6.07, 6.45) is 5.64. The third kappa shape index (κ3) is 21.9. The van der Waals surface area contributed by atoms with E-state index in [1.54, 1.807) is 91.0 Å². The average molecular weight is 1330 g/mol. The molecule has 0 aliphatic carbocycles. The van der Waals surface area contributed by atoms with E-state index in [-0.39, 0.29) is 49.1 Å². The number of ether oxygens (including phenoxy) is 15. The molecule has 522 valence electrons. The number of carbonyl (C=O) groups excluding carboxylic acids is 4. The zero-order valence-corrected chi connectivity index (χ0v) is 56.2. The van der Waals surface area contributed by atoms with Crippen LogP contribution in [0.5, 0.6) is 0 Å². The van der Waals surface area contributed by atoms with Crippen LogP contribution in [0.4, 0.5) is 0 Å². The van der Waals surface area contributed by atoms with Crippen molar-refractivity contribution in [2.45, 2.75) is 235 Å². The molecular weight excluding hydrogens is 1230 g/mol. The smallest absolute Gasteiger partial charge is 0.163 e. The molecule has 94 heavy (non-hydrogen) atoms. The van der Waals surface area contributed by atoms with Gasteiger partial charge in [-0.25, -0.2) is 19.2 Å². The number of rotatable bonds is 23. The fourth-order valence-electron chi connectivity index (χ4n) is 11.9. The highest BCUT2D eigenvalue weighted by Gasteiger charge is 2.51. The molecule has 20 atom stereocenters. The molecule has 16 unspecified atom stereocenters. The number of azide groups is 2. The Morgan fingerprint density at radius 2 is 0.862 bits per heavy atom. The van der Waals surface area contributed by atoms with E-state index in [0.29, 0.717) is 37.1 Å². The highest BCUT2D eigenvalue weighted by Crippen LogP contribution is 2.36. The lowest BCUT2D eigenvalue weighted by atomic mass is 9.92. The summed E-state index contributed by atoms with van der Waals surface area (Å²) in [4.78, 5) is 47.9. The van der Waals surface area contributed by atoms with Crippen LogP contribution in [0.1, 0.15) is 90.0 Å². The molecule has 8 N–H and O–H groups in total. The summed E-state index contributed by atoms with van der Waals surface area (Å²) in [6.45, 7) is 28.9. The minimum absolute atomic E-state index is 0.131. The Morgan fingerprint density at radius 1 is 0.553 bits per heavy atom.